The lowest BCUT2D eigenvalue weighted by Crippen LogP contribution is -2.56. The van der Waals surface area contributed by atoms with E-state index in [4.69, 9.17) is 5.26 Å². The highest BCUT2D eigenvalue weighted by Crippen LogP contribution is 2.37. The van der Waals surface area contributed by atoms with E-state index in [2.05, 4.69) is 28.2 Å². The van der Waals surface area contributed by atoms with E-state index in [1.165, 1.54) is 12.1 Å². The van der Waals surface area contributed by atoms with Gasteiger partial charge in [-0.2, -0.15) is 5.26 Å². The largest absolute Gasteiger partial charge is 0.347 e. The molecule has 1 N–H and O–H groups in total. The second-order valence-corrected chi connectivity index (χ2v) is 8.32. The number of hydrogen-bond donors (Lipinski definition) is 1. The minimum Gasteiger partial charge on any atom is -0.347 e. The molecule has 0 spiro atoms. The van der Waals surface area contributed by atoms with Crippen molar-refractivity contribution in [2.24, 2.45) is 5.92 Å². The quantitative estimate of drug-likeness (QED) is 0.721. The van der Waals surface area contributed by atoms with E-state index in [0.29, 0.717) is 43.1 Å². The molecule has 2 aliphatic heterocycles. The first kappa shape index (κ1) is 21.2. The minimum atomic E-state index is -0.601. The molecule has 2 aliphatic rings. The van der Waals surface area contributed by atoms with Crippen molar-refractivity contribution < 1.29 is 13.6 Å². The maximum absolute atomic E-state index is 13.7. The smallest absolute Gasteiger partial charge is 0.223 e. The van der Waals surface area contributed by atoms with Gasteiger partial charge in [-0.1, -0.05) is 13.0 Å². The molecule has 0 aliphatic carbocycles. The normalized spacial score (nSPS) is 22.5. The Morgan fingerprint density at radius 1 is 1.29 bits per heavy atom. The molecular weight excluding hydrogens is 400 g/mol. The number of hydrogen-bond acceptors (Lipinski definition) is 5. The molecule has 6 nitrogen and oxygen atoms in total. The zero-order chi connectivity index (χ0) is 22.0. The summed E-state index contributed by atoms with van der Waals surface area (Å²) in [6.45, 7) is 4.17. The molecule has 3 atom stereocenters. The van der Waals surface area contributed by atoms with Crippen LogP contribution < -0.4 is 10.2 Å². The average molecular weight is 425 g/mol. The van der Waals surface area contributed by atoms with Crippen molar-refractivity contribution in [1.29, 1.82) is 5.26 Å². The summed E-state index contributed by atoms with van der Waals surface area (Å²) in [6, 6.07) is 9.65. The highest BCUT2D eigenvalue weighted by molar-refractivity contribution is 5.77. The molecule has 1 amide bonds. The Labute approximate surface area is 180 Å². The van der Waals surface area contributed by atoms with Gasteiger partial charge in [0.25, 0.3) is 0 Å². The van der Waals surface area contributed by atoms with Crippen LogP contribution in [-0.2, 0) is 11.3 Å². The van der Waals surface area contributed by atoms with Crippen LogP contribution >= 0.6 is 0 Å². The van der Waals surface area contributed by atoms with Crippen LogP contribution in [0.2, 0.25) is 0 Å². The van der Waals surface area contributed by atoms with Crippen molar-refractivity contribution >= 4 is 11.7 Å². The first-order valence-electron chi connectivity index (χ1n) is 10.5. The van der Waals surface area contributed by atoms with Crippen LogP contribution in [0, 0.1) is 28.9 Å². The number of amides is 1. The Kier molecular flexibility index (Phi) is 6.14. The van der Waals surface area contributed by atoms with Crippen molar-refractivity contribution in [2.75, 3.05) is 24.5 Å². The van der Waals surface area contributed by atoms with Crippen LogP contribution in [0.4, 0.5) is 14.6 Å². The number of carbonyl (C=O) groups is 1. The van der Waals surface area contributed by atoms with Crippen LogP contribution in [0.3, 0.4) is 0 Å². The number of piperazine rings is 1. The number of aromatic nitrogens is 1. The summed E-state index contributed by atoms with van der Waals surface area (Å²) in [5.74, 6) is 0.185. The predicted octanol–water partition coefficient (Wildman–Crippen LogP) is 2.84. The molecule has 2 fully saturated rings. The van der Waals surface area contributed by atoms with Gasteiger partial charge in [-0.3, -0.25) is 4.79 Å². The Morgan fingerprint density at radius 2 is 2.13 bits per heavy atom. The molecule has 2 unspecified atom stereocenters. The van der Waals surface area contributed by atoms with E-state index in [0.717, 1.165) is 18.3 Å². The van der Waals surface area contributed by atoms with Crippen LogP contribution in [-0.4, -0.2) is 47.5 Å². The molecule has 3 heterocycles. The molecule has 2 aromatic rings. The van der Waals surface area contributed by atoms with E-state index >= 15 is 0 Å². The number of nitrogens with zero attached hydrogens (tertiary/aromatic N) is 4. The van der Waals surface area contributed by atoms with Crippen molar-refractivity contribution in [3.8, 4) is 6.07 Å². The second kappa shape index (κ2) is 8.98. The van der Waals surface area contributed by atoms with Crippen molar-refractivity contribution in [2.45, 2.75) is 38.4 Å². The van der Waals surface area contributed by atoms with Gasteiger partial charge in [0.15, 0.2) is 0 Å². The molecule has 4 rings (SSSR count). The Hall–Kier alpha value is -3.05. The highest BCUT2D eigenvalue weighted by Gasteiger charge is 2.45. The summed E-state index contributed by atoms with van der Waals surface area (Å²) in [4.78, 5) is 21.4. The van der Waals surface area contributed by atoms with Crippen molar-refractivity contribution in [3.05, 3.63) is 59.3 Å². The zero-order valence-electron chi connectivity index (χ0n) is 17.4. The first-order chi connectivity index (χ1) is 15.0. The summed E-state index contributed by atoms with van der Waals surface area (Å²) in [5, 5.41) is 12.1. The number of nitriles is 1. The maximum Gasteiger partial charge on any atom is 0.223 e. The average Bonchev–Trinajstić information content (AvgIpc) is 2.96. The molecule has 162 valence electrons. The van der Waals surface area contributed by atoms with Crippen LogP contribution in [0.5, 0.6) is 0 Å². The lowest BCUT2D eigenvalue weighted by molar-refractivity contribution is -0.132. The molecule has 2 saturated heterocycles. The van der Waals surface area contributed by atoms with E-state index in [9.17, 15) is 13.6 Å². The van der Waals surface area contributed by atoms with Gasteiger partial charge in [-0.15, -0.1) is 0 Å². The fourth-order valence-corrected chi connectivity index (χ4v) is 4.64. The van der Waals surface area contributed by atoms with Crippen LogP contribution in [0.15, 0.2) is 36.5 Å². The van der Waals surface area contributed by atoms with Crippen LogP contribution in [0.25, 0.3) is 0 Å². The number of rotatable bonds is 6. The summed E-state index contributed by atoms with van der Waals surface area (Å²) >= 11 is 0. The number of nitrogens with one attached hydrogen (secondary N) is 1. The Bertz CT molecular complexity index is 990. The molecule has 1 aromatic heterocycles. The van der Waals surface area contributed by atoms with Crippen LogP contribution in [0.1, 0.15) is 30.9 Å². The van der Waals surface area contributed by atoms with Gasteiger partial charge in [0, 0.05) is 56.5 Å². The molecule has 1 aromatic carbocycles. The standard InChI is InChI=1S/C23H25F2N5O/c1-15-8-19-13-29(14-21(15)30(19)22-5-2-16(10-26)11-28-22)23(31)6-7-27-12-17-3-4-18(24)9-20(17)25/h2-5,9,11,15,19,21,27H,6-8,12-14H2,1H3/t15-,19?,21?/m1/s1. The van der Waals surface area contributed by atoms with Gasteiger partial charge >= 0.3 is 0 Å². The third-order valence-corrected chi connectivity index (χ3v) is 6.23. The number of benzene rings is 1. The first-order valence-corrected chi connectivity index (χ1v) is 10.5. The number of halogens is 2. The van der Waals surface area contributed by atoms with E-state index in [1.807, 2.05) is 11.0 Å². The summed E-state index contributed by atoms with van der Waals surface area (Å²) in [7, 11) is 0. The van der Waals surface area contributed by atoms with Gasteiger partial charge in [0.05, 0.1) is 11.6 Å². The van der Waals surface area contributed by atoms with Gasteiger partial charge in [-0.05, 0) is 30.5 Å². The van der Waals surface area contributed by atoms with Gasteiger partial charge in [0.2, 0.25) is 5.91 Å². The van der Waals surface area contributed by atoms with E-state index in [-0.39, 0.29) is 24.5 Å². The van der Waals surface area contributed by atoms with Gasteiger partial charge < -0.3 is 15.1 Å². The number of carbonyl (C=O) groups excluding carboxylic acids is 1. The lowest BCUT2D eigenvalue weighted by atomic mass is 10.0. The zero-order valence-corrected chi connectivity index (χ0v) is 17.4. The third kappa shape index (κ3) is 4.52. The third-order valence-electron chi connectivity index (χ3n) is 6.23. The SMILES string of the molecule is C[C@@H]1CC2CN(C(=O)CCNCc3ccc(F)cc3F)CC1N2c1ccc(C#N)cn1. The molecule has 31 heavy (non-hydrogen) atoms. The van der Waals surface area contributed by atoms with Crippen molar-refractivity contribution in [3.63, 3.8) is 0 Å². The summed E-state index contributed by atoms with van der Waals surface area (Å²) in [5.41, 5.74) is 0.912. The Balaban J connectivity index is 1.31. The molecular formula is C23H25F2N5O. The number of anilines is 1. The molecule has 8 heteroatoms. The van der Waals surface area contributed by atoms with E-state index in [1.54, 1.807) is 12.3 Å². The molecule has 0 radical (unpaired) electrons. The maximum atomic E-state index is 13.7. The van der Waals surface area contributed by atoms with Crippen molar-refractivity contribution in [1.82, 2.24) is 15.2 Å². The minimum absolute atomic E-state index is 0.0728. The topological polar surface area (TPSA) is 72.3 Å². The fourth-order valence-electron chi connectivity index (χ4n) is 4.64. The van der Waals surface area contributed by atoms with Gasteiger partial charge in [0.1, 0.15) is 23.5 Å². The summed E-state index contributed by atoms with van der Waals surface area (Å²) < 4.78 is 26.7. The summed E-state index contributed by atoms with van der Waals surface area (Å²) in [6.07, 6.45) is 2.91. The molecule has 2 bridgehead atoms. The predicted molar refractivity (Wildman–Crippen MR) is 112 cm³/mol. The Morgan fingerprint density at radius 3 is 2.81 bits per heavy atom. The lowest BCUT2D eigenvalue weighted by Gasteiger charge is -2.42. The second-order valence-electron chi connectivity index (χ2n) is 8.32. The fraction of sp³-hybridized carbons (Fsp3) is 0.435. The number of pyridine rings is 1. The number of fused-ring (bicyclic) bond motifs is 2. The highest BCUT2D eigenvalue weighted by atomic mass is 19.1. The van der Waals surface area contributed by atoms with Gasteiger partial charge in [-0.25, -0.2) is 13.8 Å². The van der Waals surface area contributed by atoms with E-state index < -0.39 is 11.6 Å². The molecule has 0 saturated carbocycles. The number of likely N-dealkylation sites (tertiary alicyclic amines) is 1. The monoisotopic (exact) mass is 425 g/mol.